The van der Waals surface area contributed by atoms with Gasteiger partial charge in [-0.2, -0.15) is 0 Å². The molecule has 0 saturated carbocycles. The summed E-state index contributed by atoms with van der Waals surface area (Å²) in [6, 6.07) is 10.3. The second-order valence-electron chi connectivity index (χ2n) is 3.99. The van der Waals surface area contributed by atoms with Crippen molar-refractivity contribution < 1.29 is 9.47 Å². The first-order valence-corrected chi connectivity index (χ1v) is 5.68. The van der Waals surface area contributed by atoms with Crippen molar-refractivity contribution in [1.82, 2.24) is 0 Å². The Morgan fingerprint density at radius 1 is 1.20 bits per heavy atom. The van der Waals surface area contributed by atoms with Gasteiger partial charge in [-0.1, -0.05) is 30.3 Å². The van der Waals surface area contributed by atoms with Crippen LogP contribution in [0.4, 0.5) is 0 Å². The second-order valence-corrected chi connectivity index (χ2v) is 3.99. The minimum Gasteiger partial charge on any atom is -0.377 e. The fourth-order valence-electron chi connectivity index (χ4n) is 1.58. The van der Waals surface area contributed by atoms with Crippen LogP contribution in [0.5, 0.6) is 0 Å². The monoisotopic (exact) mass is 206 g/mol. The lowest BCUT2D eigenvalue weighted by molar-refractivity contribution is 0.116. The summed E-state index contributed by atoms with van der Waals surface area (Å²) in [6.45, 7) is 2.58. The van der Waals surface area contributed by atoms with Crippen LogP contribution in [0.3, 0.4) is 0 Å². The normalized spacial score (nSPS) is 19.1. The molecule has 1 aromatic rings. The Morgan fingerprint density at radius 3 is 2.73 bits per heavy atom. The van der Waals surface area contributed by atoms with Gasteiger partial charge in [0, 0.05) is 6.61 Å². The van der Waals surface area contributed by atoms with E-state index in [1.807, 2.05) is 18.2 Å². The van der Waals surface area contributed by atoms with E-state index < -0.39 is 0 Å². The van der Waals surface area contributed by atoms with E-state index in [4.69, 9.17) is 9.47 Å². The molecule has 1 fully saturated rings. The lowest BCUT2D eigenvalue weighted by atomic mass is 10.2. The number of epoxide rings is 1. The van der Waals surface area contributed by atoms with Crippen molar-refractivity contribution in [1.29, 1.82) is 0 Å². The maximum Gasteiger partial charge on any atom is 0.0810 e. The summed E-state index contributed by atoms with van der Waals surface area (Å²) >= 11 is 0. The molecule has 1 aromatic carbocycles. The molecule has 1 aliphatic rings. The Morgan fingerprint density at radius 2 is 2.00 bits per heavy atom. The van der Waals surface area contributed by atoms with Crippen LogP contribution >= 0.6 is 0 Å². The number of hydrogen-bond donors (Lipinski definition) is 0. The summed E-state index contributed by atoms with van der Waals surface area (Å²) in [5.74, 6) is 0. The smallest absolute Gasteiger partial charge is 0.0810 e. The molecule has 1 saturated heterocycles. The third kappa shape index (κ3) is 4.45. The molecule has 1 atom stereocenters. The molecule has 0 spiro atoms. The summed E-state index contributed by atoms with van der Waals surface area (Å²) in [6.07, 6.45) is 4.14. The molecule has 0 amide bonds. The number of hydrogen-bond acceptors (Lipinski definition) is 2. The van der Waals surface area contributed by atoms with Crippen molar-refractivity contribution in [2.75, 3.05) is 13.2 Å². The van der Waals surface area contributed by atoms with E-state index >= 15 is 0 Å². The van der Waals surface area contributed by atoms with Crippen LogP contribution < -0.4 is 0 Å². The first-order valence-electron chi connectivity index (χ1n) is 5.68. The van der Waals surface area contributed by atoms with Crippen molar-refractivity contribution in [3.63, 3.8) is 0 Å². The van der Waals surface area contributed by atoms with Crippen LogP contribution in [0.25, 0.3) is 0 Å². The molecule has 1 unspecified atom stereocenters. The molecular formula is C13H18O2. The molecule has 15 heavy (non-hydrogen) atoms. The van der Waals surface area contributed by atoms with Gasteiger partial charge < -0.3 is 9.47 Å². The number of rotatable bonds is 7. The largest absolute Gasteiger partial charge is 0.377 e. The predicted octanol–water partition coefficient (Wildman–Crippen LogP) is 2.77. The Labute approximate surface area is 91.2 Å². The van der Waals surface area contributed by atoms with Crippen LogP contribution in [-0.4, -0.2) is 19.3 Å². The SMILES string of the molecule is c1ccc(COCCCCC2CO2)cc1. The van der Waals surface area contributed by atoms with Crippen LogP contribution in [0.1, 0.15) is 24.8 Å². The predicted molar refractivity (Wildman–Crippen MR) is 59.7 cm³/mol. The molecule has 0 aromatic heterocycles. The molecule has 1 aliphatic heterocycles. The average molecular weight is 206 g/mol. The van der Waals surface area contributed by atoms with Gasteiger partial charge in [0.1, 0.15) is 0 Å². The Hall–Kier alpha value is -0.860. The van der Waals surface area contributed by atoms with Crippen LogP contribution in [0.15, 0.2) is 30.3 Å². The Bertz CT molecular complexity index is 267. The molecular weight excluding hydrogens is 188 g/mol. The van der Waals surface area contributed by atoms with Crippen molar-refractivity contribution in [2.45, 2.75) is 32.0 Å². The molecule has 2 rings (SSSR count). The van der Waals surface area contributed by atoms with Crippen LogP contribution in [-0.2, 0) is 16.1 Å². The van der Waals surface area contributed by atoms with Gasteiger partial charge in [0.05, 0.1) is 19.3 Å². The number of benzene rings is 1. The molecule has 2 heteroatoms. The third-order valence-electron chi connectivity index (χ3n) is 2.58. The van der Waals surface area contributed by atoms with E-state index in [1.54, 1.807) is 0 Å². The highest BCUT2D eigenvalue weighted by atomic mass is 16.6. The van der Waals surface area contributed by atoms with E-state index in [9.17, 15) is 0 Å². The van der Waals surface area contributed by atoms with Gasteiger partial charge in [-0.3, -0.25) is 0 Å². The summed E-state index contributed by atoms with van der Waals surface area (Å²) < 4.78 is 10.7. The van der Waals surface area contributed by atoms with Gasteiger partial charge in [0.2, 0.25) is 0 Å². The van der Waals surface area contributed by atoms with Gasteiger partial charge in [0.15, 0.2) is 0 Å². The molecule has 82 valence electrons. The standard InChI is InChI=1S/C13H18O2/c1-2-6-12(7-3-1)10-14-9-5-4-8-13-11-15-13/h1-3,6-7,13H,4-5,8-11H2. The maximum absolute atomic E-state index is 5.58. The number of ether oxygens (including phenoxy) is 2. The van der Waals surface area contributed by atoms with E-state index in [0.717, 1.165) is 26.2 Å². The molecule has 1 heterocycles. The van der Waals surface area contributed by atoms with Gasteiger partial charge in [0.25, 0.3) is 0 Å². The zero-order valence-electron chi connectivity index (χ0n) is 9.02. The van der Waals surface area contributed by atoms with Crippen molar-refractivity contribution >= 4 is 0 Å². The first-order chi connectivity index (χ1) is 7.45. The molecule has 0 N–H and O–H groups in total. The lowest BCUT2D eigenvalue weighted by Gasteiger charge is -2.03. The van der Waals surface area contributed by atoms with Crippen molar-refractivity contribution in [3.05, 3.63) is 35.9 Å². The number of unbranched alkanes of at least 4 members (excludes halogenated alkanes) is 1. The highest BCUT2D eigenvalue weighted by Gasteiger charge is 2.20. The van der Waals surface area contributed by atoms with E-state index in [2.05, 4.69) is 12.1 Å². The molecule has 2 nitrogen and oxygen atoms in total. The van der Waals surface area contributed by atoms with Gasteiger partial charge in [-0.15, -0.1) is 0 Å². The quantitative estimate of drug-likeness (QED) is 0.505. The topological polar surface area (TPSA) is 21.8 Å². The van der Waals surface area contributed by atoms with Crippen LogP contribution in [0.2, 0.25) is 0 Å². The fourth-order valence-corrected chi connectivity index (χ4v) is 1.58. The average Bonchev–Trinajstić information content (AvgIpc) is 3.09. The van der Waals surface area contributed by atoms with E-state index in [1.165, 1.54) is 18.4 Å². The van der Waals surface area contributed by atoms with Crippen molar-refractivity contribution in [2.24, 2.45) is 0 Å². The zero-order chi connectivity index (χ0) is 10.3. The minimum absolute atomic E-state index is 0.569. The fraction of sp³-hybridized carbons (Fsp3) is 0.538. The van der Waals surface area contributed by atoms with Crippen molar-refractivity contribution in [3.8, 4) is 0 Å². The maximum atomic E-state index is 5.58. The third-order valence-corrected chi connectivity index (χ3v) is 2.58. The highest BCUT2D eigenvalue weighted by molar-refractivity contribution is 5.13. The second kappa shape index (κ2) is 5.89. The summed E-state index contributed by atoms with van der Waals surface area (Å²) in [7, 11) is 0. The van der Waals surface area contributed by atoms with E-state index in [-0.39, 0.29) is 0 Å². The van der Waals surface area contributed by atoms with Gasteiger partial charge in [-0.25, -0.2) is 0 Å². The van der Waals surface area contributed by atoms with Crippen LogP contribution in [0, 0.1) is 0 Å². The lowest BCUT2D eigenvalue weighted by Crippen LogP contribution is -1.96. The summed E-state index contributed by atoms with van der Waals surface area (Å²) in [4.78, 5) is 0. The Kier molecular flexibility index (Phi) is 4.18. The van der Waals surface area contributed by atoms with E-state index in [0.29, 0.717) is 6.10 Å². The first kappa shape index (κ1) is 10.7. The highest BCUT2D eigenvalue weighted by Crippen LogP contribution is 2.16. The zero-order valence-corrected chi connectivity index (χ0v) is 9.02. The van der Waals surface area contributed by atoms with Gasteiger partial charge in [-0.05, 0) is 24.8 Å². The minimum atomic E-state index is 0.569. The molecule has 0 bridgehead atoms. The summed E-state index contributed by atoms with van der Waals surface area (Å²) in [5, 5.41) is 0. The molecule has 0 aliphatic carbocycles. The van der Waals surface area contributed by atoms with Gasteiger partial charge >= 0.3 is 0 Å². The Balaban J connectivity index is 1.47. The molecule has 0 radical (unpaired) electrons. The summed E-state index contributed by atoms with van der Waals surface area (Å²) in [5.41, 5.74) is 1.25.